The Morgan fingerprint density at radius 2 is 2.00 bits per heavy atom. The first-order valence-electron chi connectivity index (χ1n) is 8.66. The molecule has 1 aliphatic rings. The molecule has 3 aromatic rings. The highest BCUT2D eigenvalue weighted by Crippen LogP contribution is 2.39. The van der Waals surface area contributed by atoms with Crippen LogP contribution in [-0.2, 0) is 6.54 Å². The van der Waals surface area contributed by atoms with Crippen molar-refractivity contribution in [3.8, 4) is 11.1 Å². The molecule has 126 valence electrons. The van der Waals surface area contributed by atoms with Gasteiger partial charge in [-0.2, -0.15) is 5.10 Å². The Balaban J connectivity index is 1.64. The molecule has 1 saturated carbocycles. The highest BCUT2D eigenvalue weighted by molar-refractivity contribution is 6.04. The second kappa shape index (κ2) is 6.51. The number of hydrogen-bond acceptors (Lipinski definition) is 3. The SMILES string of the molecule is CCn1nc(C2CC2)cc1C(=O)Nc1ncccc1-c1ccccc1. The van der Waals surface area contributed by atoms with Crippen LogP contribution in [0.1, 0.15) is 41.9 Å². The maximum atomic E-state index is 12.8. The maximum absolute atomic E-state index is 12.8. The van der Waals surface area contributed by atoms with E-state index in [1.165, 1.54) is 12.8 Å². The summed E-state index contributed by atoms with van der Waals surface area (Å²) in [4.78, 5) is 17.2. The number of carbonyl (C=O) groups is 1. The zero-order valence-corrected chi connectivity index (χ0v) is 14.1. The van der Waals surface area contributed by atoms with Crippen LogP contribution in [0.4, 0.5) is 5.82 Å². The van der Waals surface area contributed by atoms with Crippen molar-refractivity contribution in [3.63, 3.8) is 0 Å². The predicted octanol–water partition coefficient (Wildman–Crippen LogP) is 4.09. The molecule has 1 aliphatic carbocycles. The standard InChI is InChI=1S/C20H20N4O/c1-2-24-18(13-17(23-24)15-10-11-15)20(25)22-19-16(9-6-12-21-19)14-7-4-3-5-8-14/h3-9,12-13,15H,2,10-11H2,1H3,(H,21,22,25). The van der Waals surface area contributed by atoms with Gasteiger partial charge in [0, 0.05) is 24.2 Å². The smallest absolute Gasteiger partial charge is 0.275 e. The molecule has 0 spiro atoms. The number of benzene rings is 1. The number of aromatic nitrogens is 3. The minimum absolute atomic E-state index is 0.169. The Kier molecular flexibility index (Phi) is 4.06. The molecule has 2 aromatic heterocycles. The number of rotatable bonds is 5. The molecule has 0 aliphatic heterocycles. The van der Waals surface area contributed by atoms with Crippen LogP contribution < -0.4 is 5.32 Å². The van der Waals surface area contributed by atoms with Crippen molar-refractivity contribution in [1.29, 1.82) is 0 Å². The number of carbonyl (C=O) groups excluding carboxylic acids is 1. The average Bonchev–Trinajstić information content (AvgIpc) is 3.41. The fraction of sp³-hybridized carbons (Fsp3) is 0.250. The van der Waals surface area contributed by atoms with Crippen LogP contribution in [0.25, 0.3) is 11.1 Å². The molecular weight excluding hydrogens is 312 g/mol. The minimum Gasteiger partial charge on any atom is -0.305 e. The Morgan fingerprint density at radius 3 is 2.72 bits per heavy atom. The highest BCUT2D eigenvalue weighted by Gasteiger charge is 2.28. The number of pyridine rings is 1. The zero-order valence-electron chi connectivity index (χ0n) is 14.1. The van der Waals surface area contributed by atoms with Crippen molar-refractivity contribution in [3.05, 3.63) is 66.1 Å². The summed E-state index contributed by atoms with van der Waals surface area (Å²) in [6, 6.07) is 15.7. The predicted molar refractivity (Wildman–Crippen MR) is 97.5 cm³/mol. The molecule has 4 rings (SSSR count). The molecule has 2 heterocycles. The molecule has 0 saturated heterocycles. The summed E-state index contributed by atoms with van der Waals surface area (Å²) in [5.74, 6) is 0.918. The summed E-state index contributed by atoms with van der Waals surface area (Å²) >= 11 is 0. The average molecular weight is 332 g/mol. The lowest BCUT2D eigenvalue weighted by Crippen LogP contribution is -2.18. The summed E-state index contributed by atoms with van der Waals surface area (Å²) in [5.41, 5.74) is 3.54. The molecule has 1 amide bonds. The van der Waals surface area contributed by atoms with Crippen molar-refractivity contribution in [1.82, 2.24) is 14.8 Å². The van der Waals surface area contributed by atoms with Gasteiger partial charge in [0.1, 0.15) is 11.5 Å². The van der Waals surface area contributed by atoms with E-state index in [1.807, 2.05) is 55.5 Å². The van der Waals surface area contributed by atoms with Gasteiger partial charge in [-0.1, -0.05) is 30.3 Å². The van der Waals surface area contributed by atoms with E-state index in [0.29, 0.717) is 24.0 Å². The van der Waals surface area contributed by atoms with E-state index in [2.05, 4.69) is 15.4 Å². The second-order valence-corrected chi connectivity index (χ2v) is 6.26. The van der Waals surface area contributed by atoms with E-state index in [-0.39, 0.29) is 5.91 Å². The Bertz CT molecular complexity index is 897. The quantitative estimate of drug-likeness (QED) is 0.765. The first-order valence-corrected chi connectivity index (χ1v) is 8.66. The largest absolute Gasteiger partial charge is 0.305 e. The number of hydrogen-bond donors (Lipinski definition) is 1. The molecule has 5 nitrogen and oxygen atoms in total. The van der Waals surface area contributed by atoms with Crippen LogP contribution in [0.3, 0.4) is 0 Å². The molecule has 1 aromatic carbocycles. The van der Waals surface area contributed by atoms with Crippen LogP contribution in [-0.4, -0.2) is 20.7 Å². The van der Waals surface area contributed by atoms with E-state index < -0.39 is 0 Å². The number of anilines is 1. The summed E-state index contributed by atoms with van der Waals surface area (Å²) in [6.45, 7) is 2.67. The third-order valence-electron chi connectivity index (χ3n) is 4.45. The third-order valence-corrected chi connectivity index (χ3v) is 4.45. The van der Waals surface area contributed by atoms with Gasteiger partial charge in [0.2, 0.25) is 0 Å². The van der Waals surface area contributed by atoms with E-state index >= 15 is 0 Å². The fourth-order valence-electron chi connectivity index (χ4n) is 2.97. The van der Waals surface area contributed by atoms with Crippen LogP contribution in [0.2, 0.25) is 0 Å². The highest BCUT2D eigenvalue weighted by atomic mass is 16.2. The first kappa shape index (κ1) is 15.6. The lowest BCUT2D eigenvalue weighted by molar-refractivity contribution is 0.101. The molecular formula is C20H20N4O. The fourth-order valence-corrected chi connectivity index (χ4v) is 2.97. The molecule has 1 fully saturated rings. The lowest BCUT2D eigenvalue weighted by Gasteiger charge is -2.10. The normalized spacial score (nSPS) is 13.6. The van der Waals surface area contributed by atoms with Crippen molar-refractivity contribution in [2.45, 2.75) is 32.2 Å². The van der Waals surface area contributed by atoms with Gasteiger partial charge in [0.25, 0.3) is 5.91 Å². The monoisotopic (exact) mass is 332 g/mol. The van der Waals surface area contributed by atoms with Crippen molar-refractivity contribution < 1.29 is 4.79 Å². The summed E-state index contributed by atoms with van der Waals surface area (Å²) < 4.78 is 1.77. The summed E-state index contributed by atoms with van der Waals surface area (Å²) in [6.07, 6.45) is 4.02. The molecule has 1 N–H and O–H groups in total. The number of amides is 1. The summed E-state index contributed by atoms with van der Waals surface area (Å²) in [5, 5.41) is 7.53. The van der Waals surface area contributed by atoms with Crippen molar-refractivity contribution in [2.24, 2.45) is 0 Å². The molecule has 0 unspecified atom stereocenters. The Hall–Kier alpha value is -2.95. The Morgan fingerprint density at radius 1 is 1.20 bits per heavy atom. The van der Waals surface area contributed by atoms with Gasteiger partial charge < -0.3 is 5.32 Å². The van der Waals surface area contributed by atoms with Gasteiger partial charge in [-0.05, 0) is 43.5 Å². The Labute approximate surface area is 146 Å². The van der Waals surface area contributed by atoms with Gasteiger partial charge in [-0.3, -0.25) is 9.48 Å². The maximum Gasteiger partial charge on any atom is 0.275 e. The minimum atomic E-state index is -0.169. The second-order valence-electron chi connectivity index (χ2n) is 6.26. The molecule has 0 bridgehead atoms. The molecule has 5 heteroatoms. The first-order chi connectivity index (χ1) is 12.3. The van der Waals surface area contributed by atoms with Crippen LogP contribution in [0, 0.1) is 0 Å². The van der Waals surface area contributed by atoms with Crippen molar-refractivity contribution >= 4 is 11.7 Å². The van der Waals surface area contributed by atoms with Gasteiger partial charge >= 0.3 is 0 Å². The van der Waals surface area contributed by atoms with E-state index in [4.69, 9.17) is 0 Å². The topological polar surface area (TPSA) is 59.8 Å². The van der Waals surface area contributed by atoms with Crippen molar-refractivity contribution in [2.75, 3.05) is 5.32 Å². The third kappa shape index (κ3) is 3.18. The van der Waals surface area contributed by atoms with Crippen LogP contribution >= 0.6 is 0 Å². The number of aryl methyl sites for hydroxylation is 1. The lowest BCUT2D eigenvalue weighted by atomic mass is 10.1. The van der Waals surface area contributed by atoms with E-state index in [0.717, 1.165) is 16.8 Å². The number of nitrogens with one attached hydrogen (secondary N) is 1. The van der Waals surface area contributed by atoms with Gasteiger partial charge in [0.05, 0.1) is 5.69 Å². The van der Waals surface area contributed by atoms with E-state index in [9.17, 15) is 4.79 Å². The van der Waals surface area contributed by atoms with Gasteiger partial charge in [-0.25, -0.2) is 4.98 Å². The van der Waals surface area contributed by atoms with E-state index in [1.54, 1.807) is 10.9 Å². The zero-order chi connectivity index (χ0) is 17.2. The van der Waals surface area contributed by atoms with Gasteiger partial charge in [-0.15, -0.1) is 0 Å². The molecule has 0 atom stereocenters. The molecule has 25 heavy (non-hydrogen) atoms. The molecule has 0 radical (unpaired) electrons. The van der Waals surface area contributed by atoms with Crippen LogP contribution in [0.15, 0.2) is 54.7 Å². The summed E-state index contributed by atoms with van der Waals surface area (Å²) in [7, 11) is 0. The van der Waals surface area contributed by atoms with Gasteiger partial charge in [0.15, 0.2) is 0 Å². The van der Waals surface area contributed by atoms with Crippen LogP contribution in [0.5, 0.6) is 0 Å². The number of nitrogens with zero attached hydrogens (tertiary/aromatic N) is 3.